The van der Waals surface area contributed by atoms with Crippen molar-refractivity contribution in [3.8, 4) is 0 Å². The second-order valence-electron chi connectivity index (χ2n) is 4.97. The van der Waals surface area contributed by atoms with Gasteiger partial charge in [0.25, 0.3) is 0 Å². The lowest BCUT2D eigenvalue weighted by atomic mass is 9.63. The van der Waals surface area contributed by atoms with Crippen LogP contribution in [0.1, 0.15) is 25.7 Å². The Bertz CT molecular complexity index is 212. The molecule has 4 aliphatic carbocycles. The molecule has 0 heterocycles. The van der Waals surface area contributed by atoms with Gasteiger partial charge in [-0.15, -0.1) is 0 Å². The van der Waals surface area contributed by atoms with E-state index in [0.717, 1.165) is 0 Å². The van der Waals surface area contributed by atoms with Gasteiger partial charge in [0, 0.05) is 12.0 Å². The highest BCUT2D eigenvalue weighted by molar-refractivity contribution is 5.16. The quantitative estimate of drug-likeness (QED) is 0.639. The smallest absolute Gasteiger partial charge is 0.0627 e. The second kappa shape index (κ2) is 2.05. The predicted molar refractivity (Wildman–Crippen MR) is 44.5 cm³/mol. The van der Waals surface area contributed by atoms with Gasteiger partial charge in [-0.25, -0.2) is 0 Å². The molecular weight excluding hydrogens is 152 g/mol. The lowest BCUT2D eigenvalue weighted by Crippen LogP contribution is -2.47. The Morgan fingerprint density at radius 3 is 2.67 bits per heavy atom. The minimum absolute atomic E-state index is 0.0148. The molecule has 0 spiro atoms. The lowest BCUT2D eigenvalue weighted by Gasteiger charge is -2.45. The highest BCUT2D eigenvalue weighted by Gasteiger charge is 2.67. The molecule has 5 atom stereocenters. The maximum Gasteiger partial charge on any atom is 0.0627 e. The number of aliphatic hydroxyl groups excluding tert-OH is 2. The van der Waals surface area contributed by atoms with Crippen molar-refractivity contribution >= 4 is 0 Å². The summed E-state index contributed by atoms with van der Waals surface area (Å²) in [5, 5.41) is 18.8. The van der Waals surface area contributed by atoms with Gasteiger partial charge < -0.3 is 10.2 Å². The molecule has 2 bridgehead atoms. The summed E-state index contributed by atoms with van der Waals surface area (Å²) < 4.78 is 0. The highest BCUT2D eigenvalue weighted by Crippen LogP contribution is 2.69. The molecule has 0 radical (unpaired) electrons. The van der Waals surface area contributed by atoms with Crippen molar-refractivity contribution in [1.29, 1.82) is 0 Å². The zero-order valence-corrected chi connectivity index (χ0v) is 7.24. The fourth-order valence-electron chi connectivity index (χ4n) is 3.70. The summed E-state index contributed by atoms with van der Waals surface area (Å²) in [7, 11) is 0. The average molecular weight is 168 g/mol. The van der Waals surface area contributed by atoms with E-state index < -0.39 is 0 Å². The summed E-state index contributed by atoms with van der Waals surface area (Å²) in [5.74, 6) is 1.81. The first-order valence-electron chi connectivity index (χ1n) is 5.07. The summed E-state index contributed by atoms with van der Waals surface area (Å²) in [4.78, 5) is 0. The van der Waals surface area contributed by atoms with Crippen LogP contribution in [0, 0.1) is 23.2 Å². The molecule has 68 valence electrons. The zero-order chi connectivity index (χ0) is 8.34. The van der Waals surface area contributed by atoms with Gasteiger partial charge in [0.1, 0.15) is 0 Å². The summed E-state index contributed by atoms with van der Waals surface area (Å²) >= 11 is 0. The SMILES string of the molecule is OC[C@H]1C[C@@H]1[C@]12CC[C@H](C1)[C@@H]2O. The molecule has 12 heavy (non-hydrogen) atoms. The third-order valence-corrected chi connectivity index (χ3v) is 4.55. The Labute approximate surface area is 72.6 Å². The van der Waals surface area contributed by atoms with Crippen LogP contribution in [-0.4, -0.2) is 22.9 Å². The molecular formula is C10H16O2. The van der Waals surface area contributed by atoms with Crippen LogP contribution in [0.5, 0.6) is 0 Å². The van der Waals surface area contributed by atoms with Gasteiger partial charge in [-0.1, -0.05) is 0 Å². The van der Waals surface area contributed by atoms with Crippen LogP contribution in [-0.2, 0) is 0 Å². The molecule has 2 N–H and O–H groups in total. The van der Waals surface area contributed by atoms with E-state index in [-0.39, 0.29) is 11.5 Å². The Balaban J connectivity index is 1.77. The number of fused-ring (bicyclic) bond motifs is 1. The summed E-state index contributed by atoms with van der Waals surface area (Å²) in [5.41, 5.74) is 0.276. The highest BCUT2D eigenvalue weighted by atomic mass is 16.3. The molecule has 0 saturated heterocycles. The van der Waals surface area contributed by atoms with Gasteiger partial charge in [0.2, 0.25) is 0 Å². The van der Waals surface area contributed by atoms with E-state index in [9.17, 15) is 5.11 Å². The van der Waals surface area contributed by atoms with Crippen molar-refractivity contribution in [3.63, 3.8) is 0 Å². The second-order valence-corrected chi connectivity index (χ2v) is 4.97. The first-order valence-corrected chi connectivity index (χ1v) is 5.07. The Morgan fingerprint density at radius 1 is 1.42 bits per heavy atom. The molecule has 4 saturated carbocycles. The molecule has 0 aromatic rings. The maximum atomic E-state index is 9.84. The van der Waals surface area contributed by atoms with Gasteiger partial charge in [0.15, 0.2) is 0 Å². The molecule has 2 heteroatoms. The van der Waals surface area contributed by atoms with Gasteiger partial charge >= 0.3 is 0 Å². The molecule has 4 fully saturated rings. The summed E-state index contributed by atoms with van der Waals surface area (Å²) in [6, 6.07) is 0. The molecule has 0 amide bonds. The van der Waals surface area contributed by atoms with Crippen LogP contribution in [0.25, 0.3) is 0 Å². The van der Waals surface area contributed by atoms with Crippen molar-refractivity contribution in [2.45, 2.75) is 31.8 Å². The first-order chi connectivity index (χ1) is 5.78. The Kier molecular flexibility index (Phi) is 1.25. The van der Waals surface area contributed by atoms with E-state index in [0.29, 0.717) is 24.4 Å². The van der Waals surface area contributed by atoms with Crippen molar-refractivity contribution in [3.05, 3.63) is 0 Å². The molecule has 2 nitrogen and oxygen atoms in total. The van der Waals surface area contributed by atoms with E-state index >= 15 is 0 Å². The van der Waals surface area contributed by atoms with Crippen molar-refractivity contribution in [1.82, 2.24) is 0 Å². The van der Waals surface area contributed by atoms with E-state index in [1.54, 1.807) is 0 Å². The monoisotopic (exact) mass is 168 g/mol. The van der Waals surface area contributed by atoms with Gasteiger partial charge in [-0.2, -0.15) is 0 Å². The average Bonchev–Trinajstić information content (AvgIpc) is 2.65. The van der Waals surface area contributed by atoms with Gasteiger partial charge in [-0.3, -0.25) is 0 Å². The minimum atomic E-state index is -0.0148. The fourth-order valence-corrected chi connectivity index (χ4v) is 3.70. The van der Waals surface area contributed by atoms with Crippen LogP contribution >= 0.6 is 0 Å². The third kappa shape index (κ3) is 0.647. The number of hydrogen-bond acceptors (Lipinski definition) is 2. The van der Waals surface area contributed by atoms with Crippen LogP contribution in [0.2, 0.25) is 0 Å². The number of hydrogen-bond donors (Lipinski definition) is 2. The fraction of sp³-hybridized carbons (Fsp3) is 1.00. The van der Waals surface area contributed by atoms with Crippen molar-refractivity contribution < 1.29 is 10.2 Å². The van der Waals surface area contributed by atoms with E-state index in [2.05, 4.69) is 0 Å². The normalized spacial score (nSPS) is 61.5. The zero-order valence-electron chi connectivity index (χ0n) is 7.24. The number of aliphatic hydroxyl groups is 2. The molecule has 0 aromatic heterocycles. The molecule has 0 aromatic carbocycles. The third-order valence-electron chi connectivity index (χ3n) is 4.55. The van der Waals surface area contributed by atoms with Crippen LogP contribution in [0.15, 0.2) is 0 Å². The van der Waals surface area contributed by atoms with E-state index in [4.69, 9.17) is 5.11 Å². The Morgan fingerprint density at radius 2 is 2.25 bits per heavy atom. The van der Waals surface area contributed by atoms with Crippen molar-refractivity contribution in [2.24, 2.45) is 23.2 Å². The number of rotatable bonds is 2. The van der Waals surface area contributed by atoms with Crippen LogP contribution in [0.4, 0.5) is 0 Å². The lowest BCUT2D eigenvalue weighted by molar-refractivity contribution is -0.0860. The van der Waals surface area contributed by atoms with E-state index in [1.807, 2.05) is 0 Å². The van der Waals surface area contributed by atoms with Gasteiger partial charge in [-0.05, 0) is 43.4 Å². The molecule has 0 unspecified atom stereocenters. The van der Waals surface area contributed by atoms with Gasteiger partial charge in [0.05, 0.1) is 6.10 Å². The molecule has 0 aliphatic heterocycles. The van der Waals surface area contributed by atoms with E-state index in [1.165, 1.54) is 25.7 Å². The van der Waals surface area contributed by atoms with Crippen LogP contribution < -0.4 is 0 Å². The Hall–Kier alpha value is -0.0800. The molecule has 4 aliphatic rings. The first kappa shape index (κ1) is 7.34. The summed E-state index contributed by atoms with van der Waals surface area (Å²) in [6.45, 7) is 0.337. The summed E-state index contributed by atoms with van der Waals surface area (Å²) in [6.07, 6.45) is 4.85. The van der Waals surface area contributed by atoms with Crippen molar-refractivity contribution in [2.75, 3.05) is 6.61 Å². The largest absolute Gasteiger partial charge is 0.396 e. The van der Waals surface area contributed by atoms with Crippen LogP contribution in [0.3, 0.4) is 0 Å². The minimum Gasteiger partial charge on any atom is -0.396 e. The molecule has 4 rings (SSSR count). The topological polar surface area (TPSA) is 40.5 Å². The standard InChI is InChI=1S/C10H16O2/c11-5-7-3-8(7)10-2-1-6(4-10)9(10)12/h6-9,11-12H,1-5H2/t6-,7-,8+,9+,10+/m1/s1. The predicted octanol–water partition coefficient (Wildman–Crippen LogP) is 0.776. The maximum absolute atomic E-state index is 9.84.